The fourth-order valence-electron chi connectivity index (χ4n) is 2.78. The Morgan fingerprint density at radius 1 is 1.12 bits per heavy atom. The molecule has 3 rings (SSSR count). The molecular formula is C19H20N2O3S. The number of ether oxygens (including phenoxy) is 1. The van der Waals surface area contributed by atoms with Crippen molar-refractivity contribution in [3.8, 4) is 0 Å². The van der Waals surface area contributed by atoms with E-state index in [0.29, 0.717) is 10.6 Å². The maximum atomic E-state index is 12.3. The van der Waals surface area contributed by atoms with Gasteiger partial charge in [0, 0.05) is 17.1 Å². The van der Waals surface area contributed by atoms with Crippen molar-refractivity contribution in [1.82, 2.24) is 10.3 Å². The Bertz CT molecular complexity index is 730. The summed E-state index contributed by atoms with van der Waals surface area (Å²) in [6.07, 6.45) is 5.91. The van der Waals surface area contributed by atoms with Gasteiger partial charge in [-0.1, -0.05) is 42.8 Å². The molecule has 1 amide bonds. The number of pyridine rings is 1. The van der Waals surface area contributed by atoms with E-state index in [9.17, 15) is 9.59 Å². The van der Waals surface area contributed by atoms with E-state index in [4.69, 9.17) is 4.74 Å². The molecule has 1 fully saturated rings. The van der Waals surface area contributed by atoms with E-state index >= 15 is 0 Å². The Labute approximate surface area is 151 Å². The zero-order chi connectivity index (χ0) is 17.5. The van der Waals surface area contributed by atoms with Gasteiger partial charge in [0.2, 0.25) is 0 Å². The molecular weight excluding hydrogens is 336 g/mol. The summed E-state index contributed by atoms with van der Waals surface area (Å²) in [7, 11) is 0. The molecule has 1 heterocycles. The minimum atomic E-state index is -0.534. The van der Waals surface area contributed by atoms with Crippen LogP contribution < -0.4 is 5.32 Å². The summed E-state index contributed by atoms with van der Waals surface area (Å²) in [6.45, 7) is -0.264. The smallest absolute Gasteiger partial charge is 0.341 e. The molecule has 5 nitrogen and oxygen atoms in total. The molecule has 0 unspecified atom stereocenters. The van der Waals surface area contributed by atoms with Crippen LogP contribution >= 0.6 is 11.8 Å². The topological polar surface area (TPSA) is 68.3 Å². The minimum absolute atomic E-state index is 0.216. The highest BCUT2D eigenvalue weighted by atomic mass is 32.2. The van der Waals surface area contributed by atoms with Crippen molar-refractivity contribution < 1.29 is 14.3 Å². The van der Waals surface area contributed by atoms with Gasteiger partial charge in [0.1, 0.15) is 5.03 Å². The van der Waals surface area contributed by atoms with Gasteiger partial charge in [-0.2, -0.15) is 0 Å². The summed E-state index contributed by atoms with van der Waals surface area (Å²) in [5, 5.41) is 3.47. The molecule has 0 atom stereocenters. The van der Waals surface area contributed by atoms with Crippen LogP contribution in [0.15, 0.2) is 58.6 Å². The number of hydrogen-bond donors (Lipinski definition) is 1. The third-order valence-electron chi connectivity index (χ3n) is 4.00. The lowest BCUT2D eigenvalue weighted by atomic mass is 10.2. The van der Waals surface area contributed by atoms with Crippen LogP contribution in [0, 0.1) is 0 Å². The van der Waals surface area contributed by atoms with Crippen molar-refractivity contribution >= 4 is 23.6 Å². The monoisotopic (exact) mass is 356 g/mol. The van der Waals surface area contributed by atoms with Gasteiger partial charge in [-0.15, -0.1) is 0 Å². The summed E-state index contributed by atoms with van der Waals surface area (Å²) in [4.78, 5) is 29.5. The summed E-state index contributed by atoms with van der Waals surface area (Å²) in [6, 6.07) is 13.2. The molecule has 0 bridgehead atoms. The van der Waals surface area contributed by atoms with Gasteiger partial charge in [0.05, 0.1) is 5.56 Å². The highest BCUT2D eigenvalue weighted by molar-refractivity contribution is 7.99. The Kier molecular flexibility index (Phi) is 6.06. The maximum absolute atomic E-state index is 12.3. The van der Waals surface area contributed by atoms with Crippen LogP contribution in [0.5, 0.6) is 0 Å². The number of rotatable bonds is 6. The molecule has 0 aliphatic heterocycles. The lowest BCUT2D eigenvalue weighted by molar-refractivity contribution is -0.124. The quantitative estimate of drug-likeness (QED) is 0.803. The number of carbonyl (C=O) groups is 2. The molecule has 25 heavy (non-hydrogen) atoms. The molecule has 2 aromatic rings. The van der Waals surface area contributed by atoms with Crippen LogP contribution in [0.1, 0.15) is 36.0 Å². The third-order valence-corrected chi connectivity index (χ3v) is 5.03. The summed E-state index contributed by atoms with van der Waals surface area (Å²) in [5.74, 6) is -0.783. The van der Waals surface area contributed by atoms with E-state index in [1.807, 2.05) is 30.3 Å². The Balaban J connectivity index is 1.59. The summed E-state index contributed by atoms with van der Waals surface area (Å²) >= 11 is 1.39. The van der Waals surface area contributed by atoms with Crippen LogP contribution in [-0.2, 0) is 9.53 Å². The highest BCUT2D eigenvalue weighted by Gasteiger charge is 2.19. The van der Waals surface area contributed by atoms with Crippen molar-refractivity contribution in [2.45, 2.75) is 41.6 Å². The zero-order valence-corrected chi connectivity index (χ0v) is 14.6. The lowest BCUT2D eigenvalue weighted by Crippen LogP contribution is -2.35. The van der Waals surface area contributed by atoms with Crippen molar-refractivity contribution in [1.29, 1.82) is 0 Å². The average Bonchev–Trinajstić information content (AvgIpc) is 3.14. The van der Waals surface area contributed by atoms with Crippen molar-refractivity contribution in [3.63, 3.8) is 0 Å². The molecule has 6 heteroatoms. The van der Waals surface area contributed by atoms with E-state index in [1.165, 1.54) is 11.8 Å². The second-order valence-corrected chi connectivity index (χ2v) is 6.96. The SMILES string of the molecule is O=C(COC(=O)c1cccnc1Sc1ccccc1)NC1CCCC1. The van der Waals surface area contributed by atoms with E-state index in [2.05, 4.69) is 10.3 Å². The predicted octanol–water partition coefficient (Wildman–Crippen LogP) is 3.45. The second-order valence-electron chi connectivity index (χ2n) is 5.90. The first-order valence-corrected chi connectivity index (χ1v) is 9.18. The van der Waals surface area contributed by atoms with Crippen molar-refractivity contribution in [3.05, 3.63) is 54.2 Å². The normalized spacial score (nSPS) is 14.2. The number of hydrogen-bond acceptors (Lipinski definition) is 5. The molecule has 1 aromatic carbocycles. The first-order chi connectivity index (χ1) is 12.2. The van der Waals surface area contributed by atoms with Gasteiger partial charge in [0.25, 0.3) is 5.91 Å². The number of amides is 1. The van der Waals surface area contributed by atoms with Crippen LogP contribution in [0.2, 0.25) is 0 Å². The van der Waals surface area contributed by atoms with Crippen LogP contribution in [-0.4, -0.2) is 29.5 Å². The van der Waals surface area contributed by atoms with Gasteiger partial charge in [-0.25, -0.2) is 9.78 Å². The molecule has 1 aliphatic rings. The van der Waals surface area contributed by atoms with Gasteiger partial charge < -0.3 is 10.1 Å². The van der Waals surface area contributed by atoms with E-state index < -0.39 is 5.97 Å². The number of esters is 1. The first kappa shape index (κ1) is 17.5. The molecule has 0 saturated heterocycles. The Morgan fingerprint density at radius 2 is 1.88 bits per heavy atom. The van der Waals surface area contributed by atoms with E-state index in [0.717, 1.165) is 30.6 Å². The maximum Gasteiger partial charge on any atom is 0.341 e. The minimum Gasteiger partial charge on any atom is -0.452 e. The molecule has 0 spiro atoms. The third kappa shape index (κ3) is 5.06. The fourth-order valence-corrected chi connectivity index (χ4v) is 3.67. The van der Waals surface area contributed by atoms with E-state index in [1.54, 1.807) is 18.3 Å². The number of carbonyl (C=O) groups excluding carboxylic acids is 2. The van der Waals surface area contributed by atoms with Gasteiger partial charge in [0.15, 0.2) is 6.61 Å². The zero-order valence-electron chi connectivity index (χ0n) is 13.8. The molecule has 1 N–H and O–H groups in total. The van der Waals surface area contributed by atoms with Gasteiger partial charge >= 0.3 is 5.97 Å². The summed E-state index contributed by atoms with van der Waals surface area (Å²) in [5.41, 5.74) is 0.366. The van der Waals surface area contributed by atoms with Crippen LogP contribution in [0.4, 0.5) is 0 Å². The van der Waals surface area contributed by atoms with Crippen LogP contribution in [0.25, 0.3) is 0 Å². The van der Waals surface area contributed by atoms with Crippen molar-refractivity contribution in [2.24, 2.45) is 0 Å². The molecule has 0 radical (unpaired) electrons. The first-order valence-electron chi connectivity index (χ1n) is 8.37. The second kappa shape index (κ2) is 8.67. The number of nitrogens with one attached hydrogen (secondary N) is 1. The molecule has 130 valence electrons. The Hall–Kier alpha value is -2.34. The molecule has 1 aromatic heterocycles. The van der Waals surface area contributed by atoms with Gasteiger partial charge in [-0.3, -0.25) is 4.79 Å². The van der Waals surface area contributed by atoms with Crippen LogP contribution in [0.3, 0.4) is 0 Å². The average molecular weight is 356 g/mol. The number of benzene rings is 1. The fraction of sp³-hybridized carbons (Fsp3) is 0.316. The molecule has 1 aliphatic carbocycles. The van der Waals surface area contributed by atoms with Crippen molar-refractivity contribution in [2.75, 3.05) is 6.61 Å². The number of nitrogens with zero attached hydrogens (tertiary/aromatic N) is 1. The lowest BCUT2D eigenvalue weighted by Gasteiger charge is -2.12. The highest BCUT2D eigenvalue weighted by Crippen LogP contribution is 2.28. The molecule has 1 saturated carbocycles. The predicted molar refractivity (Wildman–Crippen MR) is 95.5 cm³/mol. The largest absolute Gasteiger partial charge is 0.452 e. The Morgan fingerprint density at radius 3 is 2.64 bits per heavy atom. The number of aromatic nitrogens is 1. The summed E-state index contributed by atoms with van der Waals surface area (Å²) < 4.78 is 5.17. The van der Waals surface area contributed by atoms with E-state index in [-0.39, 0.29) is 18.6 Å². The van der Waals surface area contributed by atoms with Gasteiger partial charge in [-0.05, 0) is 37.1 Å². The standard InChI is InChI=1S/C19H20N2O3S/c22-17(21-14-7-4-5-8-14)13-24-19(23)16-11-6-12-20-18(16)25-15-9-2-1-3-10-15/h1-3,6,9-12,14H,4-5,7-8,13H2,(H,21,22).